The molecule has 0 radical (unpaired) electrons. The highest BCUT2D eigenvalue weighted by atomic mass is 35.5. The molecule has 2 fully saturated rings. The Hall–Kier alpha value is -0.890. The molecule has 1 amide bonds. The summed E-state index contributed by atoms with van der Waals surface area (Å²) in [5.41, 5.74) is 1.27. The lowest BCUT2D eigenvalue weighted by molar-refractivity contribution is -0.132. The van der Waals surface area contributed by atoms with Crippen molar-refractivity contribution in [3.8, 4) is 0 Å². The Balaban J connectivity index is 0.00000210. The van der Waals surface area contributed by atoms with Crippen LogP contribution < -0.4 is 5.32 Å². The van der Waals surface area contributed by atoms with E-state index in [1.807, 2.05) is 11.9 Å². The quantitative estimate of drug-likeness (QED) is 0.579. The number of hydrogen-bond acceptors (Lipinski definition) is 6. The fraction of sp³-hybridized carbons (Fsp3) is 0.632. The van der Waals surface area contributed by atoms with Gasteiger partial charge in [0.1, 0.15) is 16.2 Å². The maximum Gasteiger partial charge on any atom is 0.223 e. The summed E-state index contributed by atoms with van der Waals surface area (Å²) in [5.74, 6) is 1.02. The first kappa shape index (κ1) is 20.8. The van der Waals surface area contributed by atoms with Crippen molar-refractivity contribution in [1.29, 1.82) is 0 Å². The monoisotopic (exact) mass is 426 g/mol. The first-order valence-electron chi connectivity index (χ1n) is 9.38. The topological polar surface area (TPSA) is 58.1 Å². The minimum absolute atomic E-state index is 0. The third kappa shape index (κ3) is 4.26. The van der Waals surface area contributed by atoms with Crippen LogP contribution in [0.4, 0.5) is 0 Å². The Bertz CT molecular complexity index is 815. The number of halogens is 1. The van der Waals surface area contributed by atoms with Crippen molar-refractivity contribution in [2.75, 3.05) is 12.8 Å². The van der Waals surface area contributed by atoms with Crippen molar-refractivity contribution in [2.45, 2.75) is 69.1 Å². The van der Waals surface area contributed by atoms with Crippen LogP contribution in [-0.4, -0.2) is 51.7 Å². The third-order valence-electron chi connectivity index (χ3n) is 5.87. The number of thiophene rings is 1. The van der Waals surface area contributed by atoms with E-state index in [2.05, 4.69) is 29.1 Å². The molecule has 0 spiro atoms. The van der Waals surface area contributed by atoms with Gasteiger partial charge in [-0.3, -0.25) is 4.79 Å². The molecule has 0 aromatic carbocycles. The van der Waals surface area contributed by atoms with Gasteiger partial charge in [0, 0.05) is 47.6 Å². The van der Waals surface area contributed by atoms with Crippen LogP contribution in [0.1, 0.15) is 42.5 Å². The average Bonchev–Trinajstić information content (AvgIpc) is 3.12. The summed E-state index contributed by atoms with van der Waals surface area (Å²) in [6, 6.07) is 1.63. The molecule has 2 atom stereocenters. The Morgan fingerprint density at radius 3 is 2.70 bits per heavy atom. The van der Waals surface area contributed by atoms with Crippen molar-refractivity contribution in [1.82, 2.24) is 20.2 Å². The molecule has 2 aromatic rings. The number of nitrogens with one attached hydrogen (secondary N) is 1. The van der Waals surface area contributed by atoms with Gasteiger partial charge in [0.05, 0.1) is 0 Å². The molecule has 8 heteroatoms. The molecule has 2 aliphatic rings. The normalized spacial score (nSPS) is 24.0. The number of thioether (sulfide) groups is 1. The lowest BCUT2D eigenvalue weighted by atomic mass is 9.98. The summed E-state index contributed by atoms with van der Waals surface area (Å²) < 4.78 is 0. The van der Waals surface area contributed by atoms with Crippen LogP contribution in [0.25, 0.3) is 10.2 Å². The number of piperidine rings is 1. The predicted molar refractivity (Wildman–Crippen MR) is 115 cm³/mol. The SMILES string of the molecule is Cc1sc2ncnc(SCCC(=O)N(C)C3CC4CCC(C3)N4)c2c1C.Cl. The predicted octanol–water partition coefficient (Wildman–Crippen LogP) is 3.95. The van der Waals surface area contributed by atoms with Gasteiger partial charge in [-0.1, -0.05) is 0 Å². The molecule has 2 aliphatic heterocycles. The third-order valence-corrected chi connectivity index (χ3v) is 7.98. The van der Waals surface area contributed by atoms with Gasteiger partial charge in [-0.2, -0.15) is 0 Å². The van der Waals surface area contributed by atoms with Crippen LogP contribution in [0.5, 0.6) is 0 Å². The summed E-state index contributed by atoms with van der Waals surface area (Å²) >= 11 is 3.40. The Morgan fingerprint density at radius 2 is 2.00 bits per heavy atom. The summed E-state index contributed by atoms with van der Waals surface area (Å²) in [7, 11) is 1.98. The van der Waals surface area contributed by atoms with Gasteiger partial charge in [0.25, 0.3) is 0 Å². The van der Waals surface area contributed by atoms with E-state index < -0.39 is 0 Å². The van der Waals surface area contributed by atoms with Crippen LogP contribution in [0.3, 0.4) is 0 Å². The Labute approximate surface area is 175 Å². The standard InChI is InChI=1S/C19H26N4OS2.ClH/c1-11-12(2)26-19-17(11)18(20-10-21-19)25-7-6-16(24)23(3)15-8-13-4-5-14(9-15)22-13;/h10,13-15,22H,4-9H2,1-3H3;1H. The molecule has 4 rings (SSSR count). The molecule has 0 aliphatic carbocycles. The second-order valence-electron chi connectivity index (χ2n) is 7.51. The van der Waals surface area contributed by atoms with Crippen molar-refractivity contribution < 1.29 is 4.79 Å². The van der Waals surface area contributed by atoms with Crippen molar-refractivity contribution in [2.24, 2.45) is 0 Å². The maximum atomic E-state index is 12.7. The second kappa shape index (κ2) is 8.64. The van der Waals surface area contributed by atoms with Crippen LogP contribution in [-0.2, 0) is 4.79 Å². The fourth-order valence-corrected chi connectivity index (χ4v) is 6.27. The van der Waals surface area contributed by atoms with Gasteiger partial charge < -0.3 is 10.2 Å². The minimum Gasteiger partial charge on any atom is -0.343 e. The van der Waals surface area contributed by atoms with E-state index in [4.69, 9.17) is 0 Å². The first-order valence-corrected chi connectivity index (χ1v) is 11.2. The van der Waals surface area contributed by atoms with Crippen LogP contribution in [0.2, 0.25) is 0 Å². The lowest BCUT2D eigenvalue weighted by Crippen LogP contribution is -2.48. The van der Waals surface area contributed by atoms with E-state index in [1.54, 1.807) is 29.4 Å². The molecule has 2 saturated heterocycles. The number of carbonyl (C=O) groups is 1. The number of aryl methyl sites for hydroxylation is 2. The number of amides is 1. The molecular weight excluding hydrogens is 400 g/mol. The van der Waals surface area contributed by atoms with Gasteiger partial charge in [-0.25, -0.2) is 9.97 Å². The van der Waals surface area contributed by atoms with E-state index in [0.29, 0.717) is 24.5 Å². The average molecular weight is 427 g/mol. The molecule has 27 heavy (non-hydrogen) atoms. The van der Waals surface area contributed by atoms with Crippen LogP contribution >= 0.6 is 35.5 Å². The van der Waals surface area contributed by atoms with Crippen molar-refractivity contribution in [3.63, 3.8) is 0 Å². The summed E-state index contributed by atoms with van der Waals surface area (Å²) in [4.78, 5) is 25.9. The van der Waals surface area contributed by atoms with E-state index in [1.165, 1.54) is 23.3 Å². The van der Waals surface area contributed by atoms with Gasteiger partial charge >= 0.3 is 0 Å². The van der Waals surface area contributed by atoms with Crippen LogP contribution in [0, 0.1) is 13.8 Å². The maximum absolute atomic E-state index is 12.7. The lowest BCUT2D eigenvalue weighted by Gasteiger charge is -2.35. The number of hydrogen-bond donors (Lipinski definition) is 1. The number of aromatic nitrogens is 2. The molecule has 2 aromatic heterocycles. The molecule has 2 unspecified atom stereocenters. The minimum atomic E-state index is 0. The molecule has 0 saturated carbocycles. The van der Waals surface area contributed by atoms with Gasteiger partial charge in [0.15, 0.2) is 0 Å². The van der Waals surface area contributed by atoms with Gasteiger partial charge in [0.2, 0.25) is 5.91 Å². The van der Waals surface area contributed by atoms with E-state index in [9.17, 15) is 4.79 Å². The molecule has 2 bridgehead atoms. The van der Waals surface area contributed by atoms with E-state index >= 15 is 0 Å². The highest BCUT2D eigenvalue weighted by Gasteiger charge is 2.36. The number of nitrogens with zero attached hydrogens (tertiary/aromatic N) is 3. The van der Waals surface area contributed by atoms with Crippen molar-refractivity contribution >= 4 is 51.6 Å². The molecule has 5 nitrogen and oxygen atoms in total. The zero-order chi connectivity index (χ0) is 18.3. The summed E-state index contributed by atoms with van der Waals surface area (Å²) in [6.45, 7) is 4.26. The number of fused-ring (bicyclic) bond motifs is 3. The van der Waals surface area contributed by atoms with E-state index in [0.717, 1.165) is 33.8 Å². The Morgan fingerprint density at radius 1 is 1.30 bits per heavy atom. The van der Waals surface area contributed by atoms with Crippen molar-refractivity contribution in [3.05, 3.63) is 16.8 Å². The fourth-order valence-electron chi connectivity index (χ4n) is 4.22. The smallest absolute Gasteiger partial charge is 0.223 e. The first-order chi connectivity index (χ1) is 12.5. The summed E-state index contributed by atoms with van der Waals surface area (Å²) in [5, 5.41) is 5.82. The van der Waals surface area contributed by atoms with Gasteiger partial charge in [-0.05, 0) is 45.1 Å². The Kier molecular flexibility index (Phi) is 6.66. The molecule has 148 valence electrons. The molecule has 1 N–H and O–H groups in total. The van der Waals surface area contributed by atoms with Gasteiger partial charge in [-0.15, -0.1) is 35.5 Å². The highest BCUT2D eigenvalue weighted by Crippen LogP contribution is 2.35. The molecular formula is C19H27ClN4OS2. The largest absolute Gasteiger partial charge is 0.343 e. The van der Waals surface area contributed by atoms with E-state index in [-0.39, 0.29) is 18.3 Å². The highest BCUT2D eigenvalue weighted by molar-refractivity contribution is 7.99. The zero-order valence-electron chi connectivity index (χ0n) is 16.0. The zero-order valence-corrected chi connectivity index (χ0v) is 18.5. The second-order valence-corrected chi connectivity index (χ2v) is 9.80. The molecule has 4 heterocycles. The number of carbonyl (C=O) groups excluding carboxylic acids is 1. The number of rotatable bonds is 5. The summed E-state index contributed by atoms with van der Waals surface area (Å²) in [6.07, 6.45) is 6.94. The van der Waals surface area contributed by atoms with Crippen LogP contribution in [0.15, 0.2) is 11.4 Å².